The minimum absolute atomic E-state index is 0.118. The first kappa shape index (κ1) is 18.6. The summed E-state index contributed by atoms with van der Waals surface area (Å²) in [4.78, 5) is 27.0. The zero-order valence-corrected chi connectivity index (χ0v) is 15.9. The summed E-state index contributed by atoms with van der Waals surface area (Å²) < 4.78 is 11.8. The Morgan fingerprint density at radius 3 is 2.35 bits per heavy atom. The summed E-state index contributed by atoms with van der Waals surface area (Å²) in [6, 6.07) is 16.6. The summed E-state index contributed by atoms with van der Waals surface area (Å²) in [5.74, 6) is -0.633. The van der Waals surface area contributed by atoms with Gasteiger partial charge >= 0.3 is 5.97 Å². The number of morpholine rings is 1. The van der Waals surface area contributed by atoms with E-state index < -0.39 is 12.1 Å². The van der Waals surface area contributed by atoms with E-state index in [1.54, 1.807) is 17.0 Å². The molecule has 0 aliphatic carbocycles. The van der Waals surface area contributed by atoms with Gasteiger partial charge in [0.05, 0.1) is 19.6 Å². The lowest BCUT2D eigenvalue weighted by Crippen LogP contribution is -2.44. The van der Waals surface area contributed by atoms with E-state index in [0.717, 1.165) is 10.0 Å². The van der Waals surface area contributed by atoms with E-state index in [0.29, 0.717) is 31.9 Å². The first-order valence-electron chi connectivity index (χ1n) is 8.49. The Bertz CT molecular complexity index is 742. The van der Waals surface area contributed by atoms with Crippen LogP contribution < -0.4 is 0 Å². The second-order valence-electron chi connectivity index (χ2n) is 6.02. The molecule has 0 unspecified atom stereocenters. The summed E-state index contributed by atoms with van der Waals surface area (Å²) in [7, 11) is 0. The first-order chi connectivity index (χ1) is 12.6. The smallest absolute Gasteiger partial charge is 0.311 e. The lowest BCUT2D eigenvalue weighted by molar-refractivity contribution is -0.162. The summed E-state index contributed by atoms with van der Waals surface area (Å²) in [5, 5.41) is 0. The Kier molecular flexibility index (Phi) is 6.41. The highest BCUT2D eigenvalue weighted by Gasteiger charge is 2.30. The summed E-state index contributed by atoms with van der Waals surface area (Å²) in [5.41, 5.74) is 1.51. The monoisotopic (exact) mass is 417 g/mol. The number of rotatable bonds is 5. The Hall–Kier alpha value is -2.18. The van der Waals surface area contributed by atoms with Gasteiger partial charge in [0.1, 0.15) is 0 Å². The van der Waals surface area contributed by atoms with Crippen LogP contribution in [0.2, 0.25) is 0 Å². The predicted octanol–water partition coefficient (Wildman–Crippen LogP) is 3.13. The average molecular weight is 418 g/mol. The molecule has 26 heavy (non-hydrogen) atoms. The quantitative estimate of drug-likeness (QED) is 0.701. The van der Waals surface area contributed by atoms with Crippen molar-refractivity contribution in [1.29, 1.82) is 0 Å². The van der Waals surface area contributed by atoms with Crippen molar-refractivity contribution in [2.45, 2.75) is 12.5 Å². The highest BCUT2D eigenvalue weighted by molar-refractivity contribution is 9.10. The fourth-order valence-electron chi connectivity index (χ4n) is 2.78. The Balaban J connectivity index is 1.73. The maximum Gasteiger partial charge on any atom is 0.311 e. The number of carbonyl (C=O) groups excluding carboxylic acids is 2. The van der Waals surface area contributed by atoms with Gasteiger partial charge in [-0.3, -0.25) is 9.59 Å². The highest BCUT2D eigenvalue weighted by atomic mass is 79.9. The molecule has 136 valence electrons. The zero-order valence-electron chi connectivity index (χ0n) is 14.3. The van der Waals surface area contributed by atoms with E-state index in [4.69, 9.17) is 9.47 Å². The van der Waals surface area contributed by atoms with Crippen LogP contribution in [0.15, 0.2) is 59.1 Å². The summed E-state index contributed by atoms with van der Waals surface area (Å²) >= 11 is 3.37. The van der Waals surface area contributed by atoms with Gasteiger partial charge in [-0.1, -0.05) is 58.4 Å². The third kappa shape index (κ3) is 4.93. The summed E-state index contributed by atoms with van der Waals surface area (Å²) in [6.45, 7) is 2.01. The van der Waals surface area contributed by atoms with Crippen molar-refractivity contribution in [3.05, 3.63) is 70.2 Å². The largest absolute Gasteiger partial charge is 0.447 e. The van der Waals surface area contributed by atoms with Crippen molar-refractivity contribution in [3.8, 4) is 0 Å². The zero-order chi connectivity index (χ0) is 18.4. The van der Waals surface area contributed by atoms with E-state index in [-0.39, 0.29) is 12.3 Å². The third-order valence-electron chi connectivity index (χ3n) is 4.16. The van der Waals surface area contributed by atoms with Gasteiger partial charge in [0, 0.05) is 23.1 Å². The molecule has 1 heterocycles. The second-order valence-corrected chi connectivity index (χ2v) is 6.94. The van der Waals surface area contributed by atoms with E-state index in [2.05, 4.69) is 15.9 Å². The van der Waals surface area contributed by atoms with Gasteiger partial charge in [0.25, 0.3) is 5.91 Å². The Morgan fingerprint density at radius 1 is 1.04 bits per heavy atom. The van der Waals surface area contributed by atoms with Gasteiger partial charge in [-0.25, -0.2) is 0 Å². The van der Waals surface area contributed by atoms with E-state index >= 15 is 0 Å². The molecule has 1 aliphatic rings. The molecule has 5 nitrogen and oxygen atoms in total. The van der Waals surface area contributed by atoms with E-state index in [9.17, 15) is 9.59 Å². The van der Waals surface area contributed by atoms with Crippen LogP contribution in [0.25, 0.3) is 0 Å². The van der Waals surface area contributed by atoms with Crippen LogP contribution in [0.4, 0.5) is 0 Å². The standard InChI is InChI=1S/C20H20BrNO4/c21-17-8-6-15(7-9-17)14-18(23)26-19(16-4-2-1-3-5-16)20(24)22-10-12-25-13-11-22/h1-9,19H,10-14H2/t19-/m0/s1. The molecule has 6 heteroatoms. The van der Waals surface area contributed by atoms with Crippen LogP contribution in [0.3, 0.4) is 0 Å². The number of hydrogen-bond donors (Lipinski definition) is 0. The number of esters is 1. The molecule has 2 aromatic carbocycles. The molecular weight excluding hydrogens is 398 g/mol. The molecule has 0 N–H and O–H groups in total. The molecule has 0 aromatic heterocycles. The van der Waals surface area contributed by atoms with Crippen LogP contribution in [-0.2, 0) is 25.5 Å². The van der Waals surface area contributed by atoms with E-state index in [1.807, 2.05) is 42.5 Å². The number of benzene rings is 2. The predicted molar refractivity (Wildman–Crippen MR) is 101 cm³/mol. The number of ether oxygens (including phenoxy) is 2. The second kappa shape index (κ2) is 8.96. The van der Waals surface area contributed by atoms with Crippen molar-refractivity contribution in [3.63, 3.8) is 0 Å². The van der Waals surface area contributed by atoms with Crippen LogP contribution in [-0.4, -0.2) is 43.1 Å². The lowest BCUT2D eigenvalue weighted by Gasteiger charge is -2.30. The minimum atomic E-state index is -0.933. The molecule has 2 aromatic rings. The van der Waals surface area contributed by atoms with Crippen LogP contribution in [0.1, 0.15) is 17.2 Å². The lowest BCUT2D eigenvalue weighted by atomic mass is 10.1. The van der Waals surface area contributed by atoms with Crippen molar-refractivity contribution in [2.24, 2.45) is 0 Å². The van der Waals surface area contributed by atoms with Gasteiger partial charge in [-0.2, -0.15) is 0 Å². The van der Waals surface area contributed by atoms with E-state index in [1.165, 1.54) is 0 Å². The molecule has 1 atom stereocenters. The molecule has 0 spiro atoms. The normalized spacial score (nSPS) is 15.3. The maximum atomic E-state index is 12.9. The SMILES string of the molecule is O=C(Cc1ccc(Br)cc1)O[C@H](C(=O)N1CCOCC1)c1ccccc1. The molecule has 3 rings (SSSR count). The average Bonchev–Trinajstić information content (AvgIpc) is 2.69. The fourth-order valence-corrected chi connectivity index (χ4v) is 3.04. The molecule has 0 radical (unpaired) electrons. The minimum Gasteiger partial charge on any atom is -0.447 e. The van der Waals surface area contributed by atoms with Gasteiger partial charge in [-0.05, 0) is 17.7 Å². The third-order valence-corrected chi connectivity index (χ3v) is 4.69. The number of nitrogens with zero attached hydrogens (tertiary/aromatic N) is 1. The highest BCUT2D eigenvalue weighted by Crippen LogP contribution is 2.22. The molecule has 0 bridgehead atoms. The van der Waals surface area contributed by atoms with Gasteiger partial charge in [0.2, 0.25) is 6.10 Å². The van der Waals surface area contributed by atoms with Crippen LogP contribution in [0, 0.1) is 0 Å². The molecule has 1 aliphatic heterocycles. The Morgan fingerprint density at radius 2 is 1.69 bits per heavy atom. The topological polar surface area (TPSA) is 55.8 Å². The maximum absolute atomic E-state index is 12.9. The van der Waals surface area contributed by atoms with Crippen molar-refractivity contribution < 1.29 is 19.1 Å². The van der Waals surface area contributed by atoms with Crippen LogP contribution >= 0.6 is 15.9 Å². The fraction of sp³-hybridized carbons (Fsp3) is 0.300. The molecule has 1 fully saturated rings. The molecule has 0 saturated carbocycles. The van der Waals surface area contributed by atoms with Crippen LogP contribution in [0.5, 0.6) is 0 Å². The molecule has 1 amide bonds. The van der Waals surface area contributed by atoms with Gasteiger partial charge in [0.15, 0.2) is 0 Å². The van der Waals surface area contributed by atoms with Gasteiger partial charge in [-0.15, -0.1) is 0 Å². The first-order valence-corrected chi connectivity index (χ1v) is 9.28. The number of amides is 1. The Labute approximate surface area is 161 Å². The number of halogens is 1. The number of hydrogen-bond acceptors (Lipinski definition) is 4. The van der Waals surface area contributed by atoms with Crippen molar-refractivity contribution in [1.82, 2.24) is 4.90 Å². The molecular formula is C20H20BrNO4. The van der Waals surface area contributed by atoms with Gasteiger partial charge < -0.3 is 14.4 Å². The molecule has 1 saturated heterocycles. The van der Waals surface area contributed by atoms with Crippen molar-refractivity contribution >= 4 is 27.8 Å². The van der Waals surface area contributed by atoms with Crippen molar-refractivity contribution in [2.75, 3.05) is 26.3 Å². The number of carbonyl (C=O) groups is 2. The summed E-state index contributed by atoms with van der Waals surface area (Å²) in [6.07, 6.45) is -0.815.